The molecule has 2 heterocycles. The van der Waals surface area contributed by atoms with Crippen LogP contribution in [0.4, 0.5) is 5.95 Å². The molecular weight excluding hydrogens is 354 g/mol. The van der Waals surface area contributed by atoms with Gasteiger partial charge in [-0.25, -0.2) is 4.98 Å². The number of ether oxygens (including phenoxy) is 1. The minimum absolute atomic E-state index is 0.240. The Morgan fingerprint density at radius 2 is 1.92 bits per heavy atom. The van der Waals surface area contributed by atoms with Crippen molar-refractivity contribution in [3.63, 3.8) is 0 Å². The van der Waals surface area contributed by atoms with Gasteiger partial charge >= 0.3 is 0 Å². The van der Waals surface area contributed by atoms with E-state index < -0.39 is 0 Å². The van der Waals surface area contributed by atoms with E-state index in [0.717, 1.165) is 17.1 Å². The number of nitrogens with zero attached hydrogens (tertiary/aromatic N) is 3. The summed E-state index contributed by atoms with van der Waals surface area (Å²) < 4.78 is 7.02. The third-order valence-corrected chi connectivity index (χ3v) is 4.14. The van der Waals surface area contributed by atoms with Gasteiger partial charge in [-0.1, -0.05) is 11.6 Å². The lowest BCUT2D eigenvalue weighted by molar-refractivity contribution is 0.0961. The Labute approximate surface area is 156 Å². The average Bonchev–Trinajstić information content (AvgIpc) is 2.95. The summed E-state index contributed by atoms with van der Waals surface area (Å²) in [6.45, 7) is 3.83. The fourth-order valence-corrected chi connectivity index (χ4v) is 2.80. The summed E-state index contributed by atoms with van der Waals surface area (Å²) >= 11 is 5.95. The zero-order chi connectivity index (χ0) is 18.7. The van der Waals surface area contributed by atoms with Gasteiger partial charge in [0.25, 0.3) is 5.91 Å². The third-order valence-electron chi connectivity index (χ3n) is 3.89. The minimum atomic E-state index is -0.287. The summed E-state index contributed by atoms with van der Waals surface area (Å²) in [5.41, 5.74) is 8.54. The monoisotopic (exact) mass is 371 g/mol. The van der Waals surface area contributed by atoms with Gasteiger partial charge in [-0.2, -0.15) is 4.98 Å². The minimum Gasteiger partial charge on any atom is -0.481 e. The van der Waals surface area contributed by atoms with Gasteiger partial charge in [0.2, 0.25) is 11.8 Å². The zero-order valence-electron chi connectivity index (χ0n) is 14.6. The standard InChI is InChI=1S/C18H18ClN5O2/c1-11-10-15(12(2)24(11)14-6-4-13(19)5-7-14)17(25)22-23-18-20-9-8-16(21-18)26-3/h4-10H,1-3H3,(H,22,25)(H,20,21,23). The average molecular weight is 372 g/mol. The van der Waals surface area contributed by atoms with Crippen LogP contribution in [-0.4, -0.2) is 27.6 Å². The zero-order valence-corrected chi connectivity index (χ0v) is 15.3. The molecule has 26 heavy (non-hydrogen) atoms. The van der Waals surface area contributed by atoms with Gasteiger partial charge in [0, 0.05) is 34.4 Å². The van der Waals surface area contributed by atoms with E-state index in [-0.39, 0.29) is 11.9 Å². The second-order valence-corrected chi connectivity index (χ2v) is 6.03. The molecule has 0 unspecified atom stereocenters. The van der Waals surface area contributed by atoms with Crippen LogP contribution in [0.15, 0.2) is 42.6 Å². The van der Waals surface area contributed by atoms with Crippen LogP contribution in [0, 0.1) is 13.8 Å². The van der Waals surface area contributed by atoms with E-state index in [0.29, 0.717) is 16.5 Å². The van der Waals surface area contributed by atoms with Crippen LogP contribution in [0.3, 0.4) is 0 Å². The fourth-order valence-electron chi connectivity index (χ4n) is 2.68. The number of carbonyl (C=O) groups is 1. The quantitative estimate of drug-likeness (QED) is 0.672. The van der Waals surface area contributed by atoms with Crippen molar-refractivity contribution in [2.75, 3.05) is 12.5 Å². The van der Waals surface area contributed by atoms with Gasteiger partial charge in [0.05, 0.1) is 12.7 Å². The number of hydrogen-bond donors (Lipinski definition) is 2. The maximum Gasteiger partial charge on any atom is 0.271 e. The van der Waals surface area contributed by atoms with Crippen LogP contribution >= 0.6 is 11.6 Å². The molecule has 0 fully saturated rings. The number of aryl methyl sites for hydroxylation is 1. The predicted octanol–water partition coefficient (Wildman–Crippen LogP) is 3.30. The van der Waals surface area contributed by atoms with Gasteiger partial charge in [-0.15, -0.1) is 0 Å². The summed E-state index contributed by atoms with van der Waals surface area (Å²) in [5, 5.41) is 0.664. The van der Waals surface area contributed by atoms with Gasteiger partial charge in [0.1, 0.15) is 0 Å². The van der Waals surface area contributed by atoms with Crippen molar-refractivity contribution in [2.24, 2.45) is 0 Å². The third kappa shape index (κ3) is 3.62. The Morgan fingerprint density at radius 3 is 2.62 bits per heavy atom. The summed E-state index contributed by atoms with van der Waals surface area (Å²) in [6, 6.07) is 10.9. The molecule has 0 aliphatic rings. The summed E-state index contributed by atoms with van der Waals surface area (Å²) in [4.78, 5) is 20.6. The molecule has 2 aromatic heterocycles. The van der Waals surface area contributed by atoms with Crippen LogP contribution in [0.5, 0.6) is 5.88 Å². The Balaban J connectivity index is 1.79. The van der Waals surface area contributed by atoms with Crippen molar-refractivity contribution < 1.29 is 9.53 Å². The first kappa shape index (κ1) is 17.8. The highest BCUT2D eigenvalue weighted by molar-refractivity contribution is 6.30. The number of aromatic nitrogens is 3. The van der Waals surface area contributed by atoms with E-state index in [1.54, 1.807) is 6.07 Å². The molecule has 0 aliphatic carbocycles. The molecule has 0 atom stereocenters. The Kier molecular flexibility index (Phi) is 5.09. The van der Waals surface area contributed by atoms with E-state index in [1.165, 1.54) is 13.3 Å². The van der Waals surface area contributed by atoms with Crippen LogP contribution in [0.2, 0.25) is 5.02 Å². The van der Waals surface area contributed by atoms with Crippen molar-refractivity contribution in [3.8, 4) is 11.6 Å². The van der Waals surface area contributed by atoms with E-state index in [9.17, 15) is 4.79 Å². The SMILES string of the molecule is COc1ccnc(NNC(=O)c2cc(C)n(-c3ccc(Cl)cc3)c2C)n1. The molecule has 0 bridgehead atoms. The Hall–Kier alpha value is -3.06. The van der Waals surface area contributed by atoms with Crippen LogP contribution in [0.1, 0.15) is 21.7 Å². The highest BCUT2D eigenvalue weighted by Gasteiger charge is 2.17. The summed E-state index contributed by atoms with van der Waals surface area (Å²) in [7, 11) is 1.51. The largest absolute Gasteiger partial charge is 0.481 e. The number of amides is 1. The molecule has 3 rings (SSSR count). The molecule has 8 heteroatoms. The molecular formula is C18H18ClN5O2. The molecule has 0 saturated carbocycles. The highest BCUT2D eigenvalue weighted by Crippen LogP contribution is 2.22. The van der Waals surface area contributed by atoms with Crippen molar-refractivity contribution in [2.45, 2.75) is 13.8 Å². The number of halogens is 1. The second-order valence-electron chi connectivity index (χ2n) is 5.60. The number of rotatable bonds is 5. The number of nitrogens with one attached hydrogen (secondary N) is 2. The number of hydrazine groups is 1. The first-order valence-electron chi connectivity index (χ1n) is 7.88. The number of benzene rings is 1. The number of anilines is 1. The van der Waals surface area contributed by atoms with Crippen molar-refractivity contribution in [3.05, 3.63) is 64.6 Å². The molecule has 0 radical (unpaired) electrons. The van der Waals surface area contributed by atoms with Gasteiger partial charge in [-0.3, -0.25) is 15.6 Å². The predicted molar refractivity (Wildman–Crippen MR) is 99.9 cm³/mol. The first-order valence-corrected chi connectivity index (χ1v) is 8.25. The van der Waals surface area contributed by atoms with Gasteiger partial charge in [-0.05, 0) is 44.2 Å². The molecule has 134 valence electrons. The van der Waals surface area contributed by atoms with Gasteiger partial charge < -0.3 is 9.30 Å². The second kappa shape index (κ2) is 7.45. The smallest absolute Gasteiger partial charge is 0.271 e. The molecule has 3 aromatic rings. The molecule has 2 N–H and O–H groups in total. The Bertz CT molecular complexity index is 937. The van der Waals surface area contributed by atoms with E-state index in [4.69, 9.17) is 16.3 Å². The topological polar surface area (TPSA) is 81.1 Å². The number of hydrogen-bond acceptors (Lipinski definition) is 5. The normalized spacial score (nSPS) is 10.5. The summed E-state index contributed by atoms with van der Waals surface area (Å²) in [6.07, 6.45) is 1.53. The highest BCUT2D eigenvalue weighted by atomic mass is 35.5. The van der Waals surface area contributed by atoms with Crippen LogP contribution in [0.25, 0.3) is 5.69 Å². The first-order chi connectivity index (χ1) is 12.5. The van der Waals surface area contributed by atoms with Crippen molar-refractivity contribution in [1.82, 2.24) is 20.0 Å². The van der Waals surface area contributed by atoms with E-state index in [1.807, 2.05) is 48.7 Å². The van der Waals surface area contributed by atoms with Crippen LogP contribution < -0.4 is 15.6 Å². The maximum atomic E-state index is 12.5. The molecule has 0 saturated heterocycles. The molecule has 0 aliphatic heterocycles. The summed E-state index contributed by atoms with van der Waals surface area (Å²) in [5.74, 6) is 0.353. The molecule has 0 spiro atoms. The maximum absolute atomic E-state index is 12.5. The molecule has 1 aromatic carbocycles. The lowest BCUT2D eigenvalue weighted by atomic mass is 10.2. The van der Waals surface area contributed by atoms with Crippen LogP contribution in [-0.2, 0) is 0 Å². The van der Waals surface area contributed by atoms with Crippen molar-refractivity contribution in [1.29, 1.82) is 0 Å². The van der Waals surface area contributed by atoms with Crippen molar-refractivity contribution >= 4 is 23.5 Å². The van der Waals surface area contributed by atoms with E-state index >= 15 is 0 Å². The molecule has 7 nitrogen and oxygen atoms in total. The Morgan fingerprint density at radius 1 is 1.19 bits per heavy atom. The number of carbonyl (C=O) groups excluding carboxylic acids is 1. The number of methoxy groups -OCH3 is 1. The van der Waals surface area contributed by atoms with Gasteiger partial charge in [0.15, 0.2) is 0 Å². The molecule has 1 amide bonds. The lowest BCUT2D eigenvalue weighted by Crippen LogP contribution is -2.30. The fraction of sp³-hybridized carbons (Fsp3) is 0.167. The lowest BCUT2D eigenvalue weighted by Gasteiger charge is -2.11. The van der Waals surface area contributed by atoms with E-state index in [2.05, 4.69) is 20.8 Å².